The van der Waals surface area contributed by atoms with E-state index in [9.17, 15) is 4.79 Å². The predicted molar refractivity (Wildman–Crippen MR) is 87.3 cm³/mol. The van der Waals surface area contributed by atoms with Gasteiger partial charge in [0, 0.05) is 14.1 Å². The molecule has 20 heavy (non-hydrogen) atoms. The van der Waals surface area contributed by atoms with Crippen LogP contribution >= 0.6 is 24.8 Å². The molecule has 1 fully saturated rings. The van der Waals surface area contributed by atoms with Gasteiger partial charge >= 0.3 is 0 Å². The number of aromatic nitrogens is 1. The van der Waals surface area contributed by atoms with Gasteiger partial charge in [0.15, 0.2) is 0 Å². The molecule has 0 unspecified atom stereocenters. The Bertz CT molecular complexity index is 405. The highest BCUT2D eigenvalue weighted by atomic mass is 35.5. The lowest BCUT2D eigenvalue weighted by atomic mass is 10.0. The Labute approximate surface area is 132 Å². The molecular weight excluding hydrogens is 299 g/mol. The first-order valence-corrected chi connectivity index (χ1v) is 6.34. The number of anilines is 2. The van der Waals surface area contributed by atoms with Crippen LogP contribution in [-0.2, 0) is 4.79 Å². The molecule has 2 heterocycles. The van der Waals surface area contributed by atoms with E-state index in [2.05, 4.69) is 15.6 Å². The third kappa shape index (κ3) is 5.15. The molecule has 0 spiro atoms. The molecule has 1 aromatic rings. The molecular formula is C13H22Cl2N4O. The van der Waals surface area contributed by atoms with Gasteiger partial charge in [-0.3, -0.25) is 4.79 Å². The van der Waals surface area contributed by atoms with E-state index in [-0.39, 0.29) is 36.8 Å². The van der Waals surface area contributed by atoms with Gasteiger partial charge in [0.2, 0.25) is 5.91 Å². The van der Waals surface area contributed by atoms with Crippen LogP contribution in [0.2, 0.25) is 0 Å². The van der Waals surface area contributed by atoms with Gasteiger partial charge in [0.05, 0.1) is 17.9 Å². The van der Waals surface area contributed by atoms with Crippen LogP contribution in [0.3, 0.4) is 0 Å². The predicted octanol–water partition coefficient (Wildman–Crippen LogP) is 2.07. The molecule has 0 radical (unpaired) electrons. The molecule has 1 amide bonds. The summed E-state index contributed by atoms with van der Waals surface area (Å²) in [4.78, 5) is 18.2. The number of nitrogens with zero attached hydrogens (tertiary/aromatic N) is 2. The summed E-state index contributed by atoms with van der Waals surface area (Å²) < 4.78 is 0. The largest absolute Gasteiger partial charge is 0.376 e. The van der Waals surface area contributed by atoms with Crippen molar-refractivity contribution in [1.82, 2.24) is 10.3 Å². The number of pyridine rings is 1. The van der Waals surface area contributed by atoms with Crippen molar-refractivity contribution >= 4 is 42.2 Å². The standard InChI is InChI=1S/C13H20N4O.2ClH/c1-17(2)10-6-7-12(15-9-10)16-13(18)11-5-3-4-8-14-11;;/h6-7,9,11,14H,3-5,8H2,1-2H3,(H,15,16,18);2*1H/t11-;;/m1../s1. The maximum Gasteiger partial charge on any atom is 0.242 e. The van der Waals surface area contributed by atoms with Crippen molar-refractivity contribution in [2.24, 2.45) is 0 Å². The van der Waals surface area contributed by atoms with E-state index in [1.54, 1.807) is 6.20 Å². The molecule has 1 aromatic heterocycles. The van der Waals surface area contributed by atoms with Crippen molar-refractivity contribution in [3.63, 3.8) is 0 Å². The summed E-state index contributed by atoms with van der Waals surface area (Å²) in [7, 11) is 3.92. The van der Waals surface area contributed by atoms with Gasteiger partial charge in [-0.1, -0.05) is 6.42 Å². The van der Waals surface area contributed by atoms with Gasteiger partial charge in [-0.25, -0.2) is 4.98 Å². The molecule has 0 aromatic carbocycles. The maximum atomic E-state index is 12.0. The average molecular weight is 321 g/mol. The monoisotopic (exact) mass is 320 g/mol. The Morgan fingerprint density at radius 1 is 1.35 bits per heavy atom. The van der Waals surface area contributed by atoms with E-state index in [1.807, 2.05) is 31.1 Å². The summed E-state index contributed by atoms with van der Waals surface area (Å²) in [5, 5.41) is 6.07. The summed E-state index contributed by atoms with van der Waals surface area (Å²) in [5.74, 6) is 0.623. The van der Waals surface area contributed by atoms with Crippen LogP contribution in [0.15, 0.2) is 18.3 Å². The zero-order chi connectivity index (χ0) is 13.0. The lowest BCUT2D eigenvalue weighted by molar-refractivity contribution is -0.118. The van der Waals surface area contributed by atoms with Crippen LogP contribution < -0.4 is 15.5 Å². The normalized spacial score (nSPS) is 17.4. The number of piperidine rings is 1. The zero-order valence-corrected chi connectivity index (χ0v) is 13.4. The second-order valence-electron chi connectivity index (χ2n) is 4.79. The molecule has 1 atom stereocenters. The molecule has 0 bridgehead atoms. The molecule has 0 aliphatic carbocycles. The van der Waals surface area contributed by atoms with E-state index in [0.717, 1.165) is 31.5 Å². The van der Waals surface area contributed by atoms with Crippen LogP contribution in [-0.4, -0.2) is 37.6 Å². The Morgan fingerprint density at radius 2 is 2.10 bits per heavy atom. The average Bonchev–Trinajstić information content (AvgIpc) is 2.40. The van der Waals surface area contributed by atoms with Crippen molar-refractivity contribution < 1.29 is 4.79 Å². The summed E-state index contributed by atoms with van der Waals surface area (Å²) in [6.45, 7) is 0.922. The summed E-state index contributed by atoms with van der Waals surface area (Å²) in [6.07, 6.45) is 4.92. The molecule has 7 heteroatoms. The number of carbonyl (C=O) groups is 1. The van der Waals surface area contributed by atoms with Gasteiger partial charge in [0.1, 0.15) is 5.82 Å². The van der Waals surface area contributed by atoms with Crippen molar-refractivity contribution in [2.75, 3.05) is 30.9 Å². The van der Waals surface area contributed by atoms with Crippen molar-refractivity contribution in [2.45, 2.75) is 25.3 Å². The summed E-state index contributed by atoms with van der Waals surface area (Å²) >= 11 is 0. The van der Waals surface area contributed by atoms with Gasteiger partial charge in [-0.2, -0.15) is 0 Å². The van der Waals surface area contributed by atoms with E-state index >= 15 is 0 Å². The van der Waals surface area contributed by atoms with Crippen LogP contribution in [0.1, 0.15) is 19.3 Å². The maximum absolute atomic E-state index is 12.0. The Hall–Kier alpha value is -1.04. The lowest BCUT2D eigenvalue weighted by Gasteiger charge is -2.22. The second-order valence-corrected chi connectivity index (χ2v) is 4.79. The molecule has 1 saturated heterocycles. The van der Waals surface area contributed by atoms with E-state index in [1.165, 1.54) is 0 Å². The quantitative estimate of drug-likeness (QED) is 0.895. The fraction of sp³-hybridized carbons (Fsp3) is 0.538. The zero-order valence-electron chi connectivity index (χ0n) is 11.8. The fourth-order valence-corrected chi connectivity index (χ4v) is 2.01. The highest BCUT2D eigenvalue weighted by Crippen LogP contribution is 2.13. The summed E-state index contributed by atoms with van der Waals surface area (Å²) in [6, 6.07) is 3.70. The molecule has 114 valence electrons. The van der Waals surface area contributed by atoms with Crippen molar-refractivity contribution in [3.8, 4) is 0 Å². The van der Waals surface area contributed by atoms with Gasteiger partial charge in [-0.15, -0.1) is 24.8 Å². The van der Waals surface area contributed by atoms with Crippen molar-refractivity contribution in [3.05, 3.63) is 18.3 Å². The number of halogens is 2. The molecule has 2 N–H and O–H groups in total. The molecule has 1 aliphatic rings. The minimum absolute atomic E-state index is 0. The minimum atomic E-state index is -0.0749. The van der Waals surface area contributed by atoms with Gasteiger partial charge in [-0.05, 0) is 31.5 Å². The highest BCUT2D eigenvalue weighted by Gasteiger charge is 2.20. The van der Waals surface area contributed by atoms with E-state index in [4.69, 9.17) is 0 Å². The number of carbonyl (C=O) groups excluding carboxylic acids is 1. The first-order chi connectivity index (χ1) is 8.66. The molecule has 2 rings (SSSR count). The number of rotatable bonds is 3. The van der Waals surface area contributed by atoms with Crippen LogP contribution in [0.4, 0.5) is 11.5 Å². The van der Waals surface area contributed by atoms with Crippen LogP contribution in [0.5, 0.6) is 0 Å². The first-order valence-electron chi connectivity index (χ1n) is 6.34. The smallest absolute Gasteiger partial charge is 0.242 e. The second kappa shape index (κ2) is 9.00. The first kappa shape index (κ1) is 19.0. The minimum Gasteiger partial charge on any atom is -0.376 e. The third-order valence-corrected chi connectivity index (χ3v) is 3.14. The Balaban J connectivity index is 0.00000180. The van der Waals surface area contributed by atoms with E-state index in [0.29, 0.717) is 5.82 Å². The molecule has 0 saturated carbocycles. The van der Waals surface area contributed by atoms with E-state index < -0.39 is 0 Å². The third-order valence-electron chi connectivity index (χ3n) is 3.14. The van der Waals surface area contributed by atoms with Crippen molar-refractivity contribution in [1.29, 1.82) is 0 Å². The van der Waals surface area contributed by atoms with Gasteiger partial charge in [0.25, 0.3) is 0 Å². The van der Waals surface area contributed by atoms with Crippen LogP contribution in [0, 0.1) is 0 Å². The summed E-state index contributed by atoms with van der Waals surface area (Å²) in [5.41, 5.74) is 1.02. The SMILES string of the molecule is CN(C)c1ccc(NC(=O)[C@H]2CCCCN2)nc1.Cl.Cl. The topological polar surface area (TPSA) is 57.3 Å². The number of hydrogen-bond acceptors (Lipinski definition) is 4. The molecule has 5 nitrogen and oxygen atoms in total. The Morgan fingerprint density at radius 3 is 2.60 bits per heavy atom. The number of nitrogens with one attached hydrogen (secondary N) is 2. The fourth-order valence-electron chi connectivity index (χ4n) is 2.01. The number of amides is 1. The number of hydrogen-bond donors (Lipinski definition) is 2. The highest BCUT2D eigenvalue weighted by molar-refractivity contribution is 5.94. The lowest BCUT2D eigenvalue weighted by Crippen LogP contribution is -2.43. The Kier molecular flexibility index (Phi) is 8.53. The van der Waals surface area contributed by atoms with Gasteiger partial charge < -0.3 is 15.5 Å². The molecule has 1 aliphatic heterocycles. The van der Waals surface area contributed by atoms with Crippen LogP contribution in [0.25, 0.3) is 0 Å².